The maximum Gasteiger partial charge on any atom is 0.336 e. The van der Waals surface area contributed by atoms with Gasteiger partial charge in [-0.3, -0.25) is 4.79 Å². The summed E-state index contributed by atoms with van der Waals surface area (Å²) < 4.78 is 5.10. The monoisotopic (exact) mass is 285 g/mol. The van der Waals surface area contributed by atoms with E-state index < -0.39 is 11.9 Å². The maximum atomic E-state index is 12.2. The molecule has 1 amide bonds. The summed E-state index contributed by atoms with van der Waals surface area (Å²) in [6.07, 6.45) is 0. The van der Waals surface area contributed by atoms with Gasteiger partial charge >= 0.3 is 5.97 Å². The van der Waals surface area contributed by atoms with Crippen molar-refractivity contribution in [1.82, 2.24) is 0 Å². The van der Waals surface area contributed by atoms with Crippen LogP contribution in [0.15, 0.2) is 42.5 Å². The van der Waals surface area contributed by atoms with Crippen molar-refractivity contribution in [2.45, 2.75) is 6.92 Å². The summed E-state index contributed by atoms with van der Waals surface area (Å²) in [7, 11) is 1.57. The van der Waals surface area contributed by atoms with Crippen molar-refractivity contribution in [3.63, 3.8) is 0 Å². The third-order valence-corrected chi connectivity index (χ3v) is 3.08. The summed E-state index contributed by atoms with van der Waals surface area (Å²) >= 11 is 0. The van der Waals surface area contributed by atoms with Gasteiger partial charge in [0.25, 0.3) is 5.91 Å². The van der Waals surface area contributed by atoms with Crippen LogP contribution in [-0.2, 0) is 0 Å². The van der Waals surface area contributed by atoms with Gasteiger partial charge in [0.2, 0.25) is 0 Å². The number of carbonyl (C=O) groups is 2. The Kier molecular flexibility index (Phi) is 4.23. The van der Waals surface area contributed by atoms with Gasteiger partial charge < -0.3 is 15.2 Å². The Hall–Kier alpha value is -2.82. The number of methoxy groups -OCH3 is 1. The second-order valence-corrected chi connectivity index (χ2v) is 4.49. The molecule has 0 radical (unpaired) electrons. The van der Waals surface area contributed by atoms with E-state index in [1.165, 1.54) is 12.1 Å². The molecular weight excluding hydrogens is 270 g/mol. The van der Waals surface area contributed by atoms with Gasteiger partial charge in [0.05, 0.1) is 18.2 Å². The first-order chi connectivity index (χ1) is 10.0. The number of aryl methyl sites for hydroxylation is 1. The molecule has 0 unspecified atom stereocenters. The summed E-state index contributed by atoms with van der Waals surface area (Å²) in [5.74, 6) is -0.898. The fourth-order valence-electron chi connectivity index (χ4n) is 1.96. The number of aromatic carboxylic acids is 1. The standard InChI is InChI=1S/C16H15NO4/c1-10-9-11(21-2)7-8-14(10)17-15(18)12-5-3-4-6-13(12)16(19)20/h3-9H,1-2H3,(H,17,18)(H,19,20). The number of anilines is 1. The molecule has 0 fully saturated rings. The van der Waals surface area contributed by atoms with Crippen LogP contribution in [0.25, 0.3) is 0 Å². The molecule has 5 nitrogen and oxygen atoms in total. The van der Waals surface area contributed by atoms with Crippen LogP contribution >= 0.6 is 0 Å². The fraction of sp³-hybridized carbons (Fsp3) is 0.125. The highest BCUT2D eigenvalue weighted by molar-refractivity contribution is 6.10. The van der Waals surface area contributed by atoms with Gasteiger partial charge in [-0.15, -0.1) is 0 Å². The van der Waals surface area contributed by atoms with E-state index in [0.29, 0.717) is 11.4 Å². The smallest absolute Gasteiger partial charge is 0.336 e. The highest BCUT2D eigenvalue weighted by atomic mass is 16.5. The molecule has 0 heterocycles. The Morgan fingerprint density at radius 2 is 1.76 bits per heavy atom. The predicted octanol–water partition coefficient (Wildman–Crippen LogP) is 2.95. The van der Waals surface area contributed by atoms with E-state index in [1.54, 1.807) is 37.4 Å². The minimum Gasteiger partial charge on any atom is -0.497 e. The molecule has 0 atom stereocenters. The van der Waals surface area contributed by atoms with E-state index in [9.17, 15) is 9.59 Å². The van der Waals surface area contributed by atoms with Crippen LogP contribution < -0.4 is 10.1 Å². The Morgan fingerprint density at radius 1 is 1.10 bits per heavy atom. The molecular formula is C16H15NO4. The van der Waals surface area contributed by atoms with E-state index >= 15 is 0 Å². The zero-order valence-electron chi connectivity index (χ0n) is 11.7. The second-order valence-electron chi connectivity index (χ2n) is 4.49. The lowest BCUT2D eigenvalue weighted by Crippen LogP contribution is -2.16. The van der Waals surface area contributed by atoms with Gasteiger partial charge in [0.15, 0.2) is 0 Å². The summed E-state index contributed by atoms with van der Waals surface area (Å²) in [5, 5.41) is 11.8. The molecule has 21 heavy (non-hydrogen) atoms. The van der Waals surface area contributed by atoms with E-state index in [2.05, 4.69) is 5.32 Å². The Balaban J connectivity index is 2.28. The van der Waals surface area contributed by atoms with Crippen LogP contribution in [-0.4, -0.2) is 24.1 Å². The summed E-state index contributed by atoms with van der Waals surface area (Å²) in [6, 6.07) is 11.3. The molecule has 0 aliphatic carbocycles. The fourth-order valence-corrected chi connectivity index (χ4v) is 1.96. The van der Waals surface area contributed by atoms with Crippen molar-refractivity contribution in [3.8, 4) is 5.75 Å². The first-order valence-corrected chi connectivity index (χ1v) is 6.31. The second kappa shape index (κ2) is 6.09. The number of ether oxygens (including phenoxy) is 1. The number of carboxylic acids is 1. The number of carbonyl (C=O) groups excluding carboxylic acids is 1. The van der Waals surface area contributed by atoms with Crippen LogP contribution in [0.2, 0.25) is 0 Å². The molecule has 108 valence electrons. The molecule has 2 aromatic carbocycles. The van der Waals surface area contributed by atoms with Gasteiger partial charge in [0, 0.05) is 5.69 Å². The van der Waals surface area contributed by atoms with Gasteiger partial charge in [0.1, 0.15) is 5.75 Å². The first kappa shape index (κ1) is 14.6. The van der Waals surface area contributed by atoms with Crippen LogP contribution in [0, 0.1) is 6.92 Å². The minimum atomic E-state index is -1.13. The van der Waals surface area contributed by atoms with Crippen molar-refractivity contribution in [2.24, 2.45) is 0 Å². The SMILES string of the molecule is COc1ccc(NC(=O)c2ccccc2C(=O)O)c(C)c1. The predicted molar refractivity (Wildman–Crippen MR) is 79.1 cm³/mol. The Labute approximate surface area is 122 Å². The van der Waals surface area contributed by atoms with E-state index in [1.807, 2.05) is 6.92 Å². The average molecular weight is 285 g/mol. The van der Waals surface area contributed by atoms with Crippen molar-refractivity contribution in [1.29, 1.82) is 0 Å². The van der Waals surface area contributed by atoms with E-state index in [4.69, 9.17) is 9.84 Å². The maximum absolute atomic E-state index is 12.2. The zero-order valence-corrected chi connectivity index (χ0v) is 11.7. The largest absolute Gasteiger partial charge is 0.497 e. The highest BCUT2D eigenvalue weighted by Gasteiger charge is 2.16. The summed E-state index contributed by atoms with van der Waals surface area (Å²) in [4.78, 5) is 23.4. The average Bonchev–Trinajstić information content (AvgIpc) is 2.49. The molecule has 0 saturated carbocycles. The van der Waals surface area contributed by atoms with E-state index in [0.717, 1.165) is 5.56 Å². The normalized spacial score (nSPS) is 10.0. The summed E-state index contributed by atoms with van der Waals surface area (Å²) in [6.45, 7) is 1.83. The molecule has 0 saturated heterocycles. The molecule has 2 aromatic rings. The van der Waals surface area contributed by atoms with Crippen molar-refractivity contribution in [3.05, 3.63) is 59.2 Å². The number of rotatable bonds is 4. The lowest BCUT2D eigenvalue weighted by atomic mass is 10.1. The van der Waals surface area contributed by atoms with Gasteiger partial charge in [-0.25, -0.2) is 4.79 Å². The van der Waals surface area contributed by atoms with Gasteiger partial charge in [-0.05, 0) is 42.8 Å². The lowest BCUT2D eigenvalue weighted by Gasteiger charge is -2.11. The number of carboxylic acid groups (broad SMARTS) is 1. The van der Waals surface area contributed by atoms with E-state index in [-0.39, 0.29) is 11.1 Å². The third kappa shape index (κ3) is 3.20. The van der Waals surface area contributed by atoms with Crippen LogP contribution in [0.1, 0.15) is 26.3 Å². The number of hydrogen-bond acceptors (Lipinski definition) is 3. The van der Waals surface area contributed by atoms with Crippen LogP contribution in [0.4, 0.5) is 5.69 Å². The van der Waals surface area contributed by atoms with Gasteiger partial charge in [-0.1, -0.05) is 12.1 Å². The molecule has 0 aliphatic heterocycles. The zero-order chi connectivity index (χ0) is 15.4. The summed E-state index contributed by atoms with van der Waals surface area (Å²) in [5.41, 5.74) is 1.54. The lowest BCUT2D eigenvalue weighted by molar-refractivity contribution is 0.0692. The topological polar surface area (TPSA) is 75.6 Å². The quantitative estimate of drug-likeness (QED) is 0.905. The van der Waals surface area contributed by atoms with Crippen molar-refractivity contribution < 1.29 is 19.4 Å². The highest BCUT2D eigenvalue weighted by Crippen LogP contribution is 2.22. The molecule has 0 spiro atoms. The number of benzene rings is 2. The van der Waals surface area contributed by atoms with Crippen molar-refractivity contribution >= 4 is 17.6 Å². The number of hydrogen-bond donors (Lipinski definition) is 2. The van der Waals surface area contributed by atoms with Crippen LogP contribution in [0.3, 0.4) is 0 Å². The van der Waals surface area contributed by atoms with Crippen LogP contribution in [0.5, 0.6) is 5.75 Å². The number of nitrogens with one attached hydrogen (secondary N) is 1. The molecule has 0 aliphatic rings. The third-order valence-electron chi connectivity index (χ3n) is 3.08. The molecule has 2 rings (SSSR count). The van der Waals surface area contributed by atoms with Gasteiger partial charge in [-0.2, -0.15) is 0 Å². The molecule has 0 aromatic heterocycles. The number of amides is 1. The Bertz CT molecular complexity index is 694. The first-order valence-electron chi connectivity index (χ1n) is 6.31. The Morgan fingerprint density at radius 3 is 2.33 bits per heavy atom. The molecule has 0 bridgehead atoms. The van der Waals surface area contributed by atoms with Crippen molar-refractivity contribution in [2.75, 3.05) is 12.4 Å². The molecule has 2 N–H and O–H groups in total. The minimum absolute atomic E-state index is 0.0267. The molecule has 5 heteroatoms.